The summed E-state index contributed by atoms with van der Waals surface area (Å²) in [5.74, 6) is -0.241. The van der Waals surface area contributed by atoms with Gasteiger partial charge in [-0.05, 0) is 32.7 Å². The van der Waals surface area contributed by atoms with Crippen molar-refractivity contribution in [2.75, 3.05) is 7.05 Å². The van der Waals surface area contributed by atoms with Gasteiger partial charge in [-0.2, -0.15) is 0 Å². The quantitative estimate of drug-likeness (QED) is 0.851. The van der Waals surface area contributed by atoms with Crippen LogP contribution in [0.5, 0.6) is 0 Å². The van der Waals surface area contributed by atoms with Crippen LogP contribution in [0.2, 0.25) is 0 Å². The third kappa shape index (κ3) is 2.54. The summed E-state index contributed by atoms with van der Waals surface area (Å²) in [6.07, 6.45) is 7.46. The van der Waals surface area contributed by atoms with E-state index in [0.29, 0.717) is 5.25 Å². The predicted molar refractivity (Wildman–Crippen MR) is 72.3 cm³/mol. The Balaban J connectivity index is 2.07. The molecule has 0 radical (unpaired) electrons. The van der Waals surface area contributed by atoms with Crippen molar-refractivity contribution in [3.63, 3.8) is 0 Å². The van der Waals surface area contributed by atoms with Crippen LogP contribution in [0.4, 0.5) is 0 Å². The van der Waals surface area contributed by atoms with Crippen molar-refractivity contribution in [2.45, 2.75) is 41.6 Å². The molecule has 0 spiro atoms. The van der Waals surface area contributed by atoms with Crippen molar-refractivity contribution >= 4 is 17.7 Å². The number of amides is 1. The maximum atomic E-state index is 11.7. The van der Waals surface area contributed by atoms with Crippen LogP contribution in [0.15, 0.2) is 17.6 Å². The highest BCUT2D eigenvalue weighted by Gasteiger charge is 2.40. The summed E-state index contributed by atoms with van der Waals surface area (Å²) in [4.78, 5) is 16.0. The van der Waals surface area contributed by atoms with E-state index in [1.807, 2.05) is 24.9 Å². The second-order valence-electron chi connectivity index (χ2n) is 4.85. The van der Waals surface area contributed by atoms with Gasteiger partial charge in [-0.1, -0.05) is 11.8 Å². The van der Waals surface area contributed by atoms with Crippen molar-refractivity contribution in [3.05, 3.63) is 12.4 Å². The minimum Gasteiger partial charge on any atom is -0.368 e. The van der Waals surface area contributed by atoms with Crippen molar-refractivity contribution in [1.82, 2.24) is 14.9 Å². The number of nitrogens with one attached hydrogen (secondary N) is 1. The Kier molecular flexibility index (Phi) is 3.97. The highest BCUT2D eigenvalue weighted by Crippen LogP contribution is 2.37. The standard InChI is InChI=1S/C12H20N4OS/c1-14-12(10(13)17)5-3-4-9(8-12)18-11-15-6-7-16(11)2/h6-7,9,14H,3-5,8H2,1-2H3,(H2,13,17). The smallest absolute Gasteiger partial charge is 0.237 e. The number of aryl methyl sites for hydroxylation is 1. The van der Waals surface area contributed by atoms with E-state index in [1.54, 1.807) is 18.0 Å². The number of thioether (sulfide) groups is 1. The Labute approximate surface area is 112 Å². The molecule has 2 rings (SSSR count). The summed E-state index contributed by atoms with van der Waals surface area (Å²) in [6, 6.07) is 0. The molecule has 5 nitrogen and oxygen atoms in total. The van der Waals surface area contributed by atoms with E-state index in [4.69, 9.17) is 5.73 Å². The molecule has 0 bridgehead atoms. The molecule has 0 saturated heterocycles. The molecule has 1 heterocycles. The lowest BCUT2D eigenvalue weighted by atomic mass is 9.81. The zero-order valence-electron chi connectivity index (χ0n) is 10.8. The van der Waals surface area contributed by atoms with E-state index < -0.39 is 5.54 Å². The Bertz CT molecular complexity index is 433. The Morgan fingerprint density at radius 3 is 3.06 bits per heavy atom. The fourth-order valence-electron chi connectivity index (χ4n) is 2.51. The number of hydrogen-bond donors (Lipinski definition) is 2. The molecule has 3 N–H and O–H groups in total. The van der Waals surface area contributed by atoms with Crippen molar-refractivity contribution in [1.29, 1.82) is 0 Å². The highest BCUT2D eigenvalue weighted by molar-refractivity contribution is 7.99. The fourth-order valence-corrected chi connectivity index (χ4v) is 3.81. The Morgan fingerprint density at radius 2 is 2.50 bits per heavy atom. The van der Waals surface area contributed by atoms with Gasteiger partial charge in [0.1, 0.15) is 0 Å². The normalized spacial score (nSPS) is 28.2. The summed E-state index contributed by atoms with van der Waals surface area (Å²) < 4.78 is 2.00. The molecule has 0 aliphatic heterocycles. The lowest BCUT2D eigenvalue weighted by Gasteiger charge is -2.37. The molecule has 1 amide bonds. The van der Waals surface area contributed by atoms with E-state index in [1.165, 1.54) is 0 Å². The van der Waals surface area contributed by atoms with Gasteiger partial charge >= 0.3 is 0 Å². The number of nitrogens with two attached hydrogens (primary N) is 1. The highest BCUT2D eigenvalue weighted by atomic mass is 32.2. The first-order chi connectivity index (χ1) is 8.57. The molecule has 6 heteroatoms. The van der Waals surface area contributed by atoms with Crippen LogP contribution in [0.3, 0.4) is 0 Å². The number of nitrogens with zero attached hydrogens (tertiary/aromatic N) is 2. The number of likely N-dealkylation sites (N-methyl/N-ethyl adjacent to an activating group) is 1. The predicted octanol–water partition coefficient (Wildman–Crippen LogP) is 0.898. The van der Waals surface area contributed by atoms with E-state index >= 15 is 0 Å². The van der Waals surface area contributed by atoms with Gasteiger partial charge < -0.3 is 15.6 Å². The molecule has 1 fully saturated rings. The van der Waals surface area contributed by atoms with E-state index in [0.717, 1.165) is 30.8 Å². The maximum absolute atomic E-state index is 11.7. The molecule has 1 aliphatic rings. The molecule has 1 aliphatic carbocycles. The summed E-state index contributed by atoms with van der Waals surface area (Å²) >= 11 is 1.74. The molecule has 100 valence electrons. The first kappa shape index (κ1) is 13.4. The molecule has 2 atom stereocenters. The first-order valence-corrected chi connectivity index (χ1v) is 7.08. The number of carbonyl (C=O) groups is 1. The molecular formula is C12H20N4OS. The second kappa shape index (κ2) is 5.32. The van der Waals surface area contributed by atoms with Crippen LogP contribution in [0.1, 0.15) is 25.7 Å². The van der Waals surface area contributed by atoms with Gasteiger partial charge in [-0.15, -0.1) is 0 Å². The number of carbonyl (C=O) groups excluding carboxylic acids is 1. The minimum atomic E-state index is -0.541. The lowest BCUT2D eigenvalue weighted by Crippen LogP contribution is -2.57. The molecule has 1 aromatic heterocycles. The molecule has 0 aromatic carbocycles. The number of rotatable bonds is 4. The summed E-state index contributed by atoms with van der Waals surface area (Å²) in [6.45, 7) is 0. The Hall–Kier alpha value is -1.01. The number of primary amides is 1. The van der Waals surface area contributed by atoms with Gasteiger partial charge in [0.25, 0.3) is 0 Å². The van der Waals surface area contributed by atoms with Gasteiger partial charge in [0.15, 0.2) is 5.16 Å². The van der Waals surface area contributed by atoms with Crippen molar-refractivity contribution in [3.8, 4) is 0 Å². The molecular weight excluding hydrogens is 248 g/mol. The average molecular weight is 268 g/mol. The average Bonchev–Trinajstić information content (AvgIpc) is 2.75. The number of aromatic nitrogens is 2. The lowest BCUT2D eigenvalue weighted by molar-refractivity contribution is -0.125. The third-order valence-corrected chi connectivity index (χ3v) is 5.04. The van der Waals surface area contributed by atoms with Gasteiger partial charge in [0, 0.05) is 24.7 Å². The topological polar surface area (TPSA) is 72.9 Å². The third-order valence-electron chi connectivity index (χ3n) is 3.71. The molecule has 18 heavy (non-hydrogen) atoms. The van der Waals surface area contributed by atoms with Crippen LogP contribution in [0.25, 0.3) is 0 Å². The second-order valence-corrected chi connectivity index (χ2v) is 6.12. The van der Waals surface area contributed by atoms with Crippen molar-refractivity contribution < 1.29 is 4.79 Å². The van der Waals surface area contributed by atoms with Gasteiger partial charge in [0.2, 0.25) is 5.91 Å². The first-order valence-electron chi connectivity index (χ1n) is 6.20. The molecule has 2 unspecified atom stereocenters. The SMILES string of the molecule is CNC1(C(N)=O)CCCC(Sc2nccn2C)C1. The van der Waals surface area contributed by atoms with Crippen LogP contribution in [-0.2, 0) is 11.8 Å². The number of hydrogen-bond acceptors (Lipinski definition) is 4. The van der Waals surface area contributed by atoms with E-state index in [-0.39, 0.29) is 5.91 Å². The Morgan fingerprint density at radius 1 is 1.72 bits per heavy atom. The molecule has 1 saturated carbocycles. The summed E-state index contributed by atoms with van der Waals surface area (Å²) in [7, 11) is 3.80. The zero-order valence-corrected chi connectivity index (χ0v) is 11.7. The van der Waals surface area contributed by atoms with Gasteiger partial charge in [-0.25, -0.2) is 4.98 Å². The summed E-state index contributed by atoms with van der Waals surface area (Å²) in [5.41, 5.74) is 5.01. The van der Waals surface area contributed by atoms with Crippen LogP contribution < -0.4 is 11.1 Å². The van der Waals surface area contributed by atoms with Crippen LogP contribution in [-0.4, -0.2) is 33.3 Å². The largest absolute Gasteiger partial charge is 0.368 e. The van der Waals surface area contributed by atoms with Gasteiger partial charge in [0.05, 0.1) is 5.54 Å². The van der Waals surface area contributed by atoms with Crippen molar-refractivity contribution in [2.24, 2.45) is 12.8 Å². The monoisotopic (exact) mass is 268 g/mol. The fraction of sp³-hybridized carbons (Fsp3) is 0.667. The van der Waals surface area contributed by atoms with E-state index in [2.05, 4.69) is 10.3 Å². The zero-order chi connectivity index (χ0) is 13.2. The summed E-state index contributed by atoms with van der Waals surface area (Å²) in [5, 5.41) is 4.51. The van der Waals surface area contributed by atoms with Gasteiger partial charge in [-0.3, -0.25) is 4.79 Å². The van der Waals surface area contributed by atoms with E-state index in [9.17, 15) is 4.79 Å². The molecule has 1 aromatic rings. The van der Waals surface area contributed by atoms with Crippen LogP contribution >= 0.6 is 11.8 Å². The maximum Gasteiger partial charge on any atom is 0.237 e. The number of imidazole rings is 1. The van der Waals surface area contributed by atoms with Crippen LogP contribution in [0, 0.1) is 0 Å². The minimum absolute atomic E-state index is 0.241.